The van der Waals surface area contributed by atoms with Crippen molar-refractivity contribution in [3.05, 3.63) is 0 Å². The Morgan fingerprint density at radius 2 is 0.918 bits per heavy atom. The first-order valence-electron chi connectivity index (χ1n) is 15.2. The van der Waals surface area contributed by atoms with Crippen LogP contribution in [0.1, 0.15) is 74.1 Å². The van der Waals surface area contributed by atoms with Crippen LogP contribution in [0.4, 0.5) is 0 Å². The Bertz CT molecular complexity index is 986. The summed E-state index contributed by atoms with van der Waals surface area (Å²) in [5.41, 5.74) is 3.66. The van der Waals surface area contributed by atoms with Crippen LogP contribution in [0.15, 0.2) is 0 Å². The smallest absolute Gasteiger partial charge is 0.323 e. The summed E-state index contributed by atoms with van der Waals surface area (Å²) >= 11 is -5.26. The van der Waals surface area contributed by atoms with Gasteiger partial charge in [-0.15, -0.1) is 0 Å². The highest BCUT2D eigenvalue weighted by molar-refractivity contribution is 7.80. The van der Waals surface area contributed by atoms with Crippen LogP contribution in [0.5, 0.6) is 0 Å². The zero-order chi connectivity index (χ0) is 39.1. The van der Waals surface area contributed by atoms with Gasteiger partial charge in [0, 0.05) is 26.9 Å². The van der Waals surface area contributed by atoms with Gasteiger partial charge in [-0.2, -0.15) is 28.0 Å². The topological polar surface area (TPSA) is 240 Å². The summed E-state index contributed by atoms with van der Waals surface area (Å²) in [6, 6.07) is -2.05. The molecule has 19 nitrogen and oxygen atoms in total. The summed E-state index contributed by atoms with van der Waals surface area (Å²) < 4.78 is 62.9. The van der Waals surface area contributed by atoms with E-state index in [-0.39, 0.29) is 5.91 Å². The molecule has 0 aromatic heterocycles. The molecule has 4 N–H and O–H groups in total. The van der Waals surface area contributed by atoms with Crippen LogP contribution in [0, 0.1) is 0 Å². The second-order valence-electron chi connectivity index (χ2n) is 9.57. The second-order valence-corrected chi connectivity index (χ2v) is 14.4. The van der Waals surface area contributed by atoms with Crippen LogP contribution in [-0.2, 0) is 80.6 Å². The van der Waals surface area contributed by atoms with Crippen LogP contribution in [0.2, 0.25) is 0 Å². The van der Waals surface area contributed by atoms with Gasteiger partial charge < -0.3 is 5.11 Å². The molecule has 0 aromatic rings. The Morgan fingerprint density at radius 1 is 0.612 bits per heavy atom. The minimum atomic E-state index is -1.42. The molecule has 0 aliphatic carbocycles. The molecule has 0 bridgehead atoms. The van der Waals surface area contributed by atoms with E-state index >= 15 is 0 Å². The molecule has 0 saturated carbocycles. The number of likely N-dealkylation sites (N-methyl/N-ethyl adjacent to an activating group) is 3. The van der Waals surface area contributed by atoms with Gasteiger partial charge in [-0.3, -0.25) is 28.6 Å². The van der Waals surface area contributed by atoms with Gasteiger partial charge >= 0.3 is 5.97 Å². The highest BCUT2D eigenvalue weighted by atomic mass is 32.2. The van der Waals surface area contributed by atoms with Crippen molar-refractivity contribution in [1.82, 2.24) is 26.1 Å². The quantitative estimate of drug-likeness (QED) is 0.0880. The van der Waals surface area contributed by atoms with Crippen molar-refractivity contribution in [3.63, 3.8) is 0 Å². The zero-order valence-corrected chi connectivity index (χ0v) is 33.9. The largest absolute Gasteiger partial charge is 0.480 e. The lowest BCUT2D eigenvalue weighted by molar-refractivity contribution is -0.153. The monoisotopic (exact) mass is 793 g/mol. The maximum absolute atomic E-state index is 11.3. The number of hydrogen-bond donors (Lipinski definition) is 4. The first kappa shape index (κ1) is 54.4. The van der Waals surface area contributed by atoms with Gasteiger partial charge in [-0.1, -0.05) is 27.7 Å². The molecule has 0 saturated heterocycles. The van der Waals surface area contributed by atoms with E-state index in [0.29, 0.717) is 23.0 Å². The second kappa shape index (κ2) is 35.1. The van der Waals surface area contributed by atoms with E-state index in [1.165, 1.54) is 52.7 Å². The maximum atomic E-state index is 11.3. The number of hydrogen-bond acceptors (Lipinski definition) is 16. The van der Waals surface area contributed by atoms with Gasteiger partial charge in [0.2, 0.25) is 0 Å². The number of carboxylic acids is 1. The number of aliphatic carboxylic acids is 1. The fourth-order valence-electron chi connectivity index (χ4n) is 2.21. The molecular formula is C26H59N5O14S4. The minimum absolute atomic E-state index is 0.353. The standard InChI is InChI=1S/C8H18N2O4S.C7H16N2O4S.C7H15NO4S.C4H10O2S/c1-5-6-15(12)14-10(3)7(2)8(11)9-13-4;1-4-5-14(12)13-9(3)6(2)7(10)8-11;1-4-5-13(11)12-8(3)6(2)7(9)10;1-3-4-7(5)6-2/h7H,5-6H2,1-4H3,(H,9,11);6,11H,4-5H2,1-3H3,(H,8,10);6H,4-5H2,1-3H3,(H,9,10);3-4H2,1-2H3. The minimum Gasteiger partial charge on any atom is -0.480 e. The molecule has 49 heavy (non-hydrogen) atoms. The molecular weight excluding hydrogens is 735 g/mol. The third kappa shape index (κ3) is 32.3. The summed E-state index contributed by atoms with van der Waals surface area (Å²) in [5, 5.41) is 20.4. The van der Waals surface area contributed by atoms with E-state index in [9.17, 15) is 31.2 Å². The number of carbonyl (C=O) groups excluding carboxylic acids is 2. The van der Waals surface area contributed by atoms with Crippen molar-refractivity contribution < 1.29 is 63.4 Å². The predicted octanol–water partition coefficient (Wildman–Crippen LogP) is 0.910. The van der Waals surface area contributed by atoms with E-state index in [1.54, 1.807) is 14.0 Å². The van der Waals surface area contributed by atoms with E-state index < -0.39 is 74.3 Å². The van der Waals surface area contributed by atoms with Crippen molar-refractivity contribution in [2.45, 2.75) is 92.3 Å². The number of amides is 2. The normalized spacial score (nSPS) is 15.1. The van der Waals surface area contributed by atoms with Crippen LogP contribution in [0.25, 0.3) is 0 Å². The average Bonchev–Trinajstić information content (AvgIpc) is 3.04. The Hall–Kier alpha value is -1.35. The zero-order valence-electron chi connectivity index (χ0n) is 30.7. The lowest BCUT2D eigenvalue weighted by Gasteiger charge is -2.21. The van der Waals surface area contributed by atoms with Crippen LogP contribution in [-0.4, -0.2) is 137 Å². The molecule has 0 fully saturated rings. The van der Waals surface area contributed by atoms with Crippen LogP contribution >= 0.6 is 0 Å². The molecule has 7 unspecified atom stereocenters. The molecule has 0 aliphatic heterocycles. The Labute approximate surface area is 301 Å². The number of carboxylic acid groups (broad SMARTS) is 1. The third-order valence-electron chi connectivity index (χ3n) is 5.34. The lowest BCUT2D eigenvalue weighted by Crippen LogP contribution is -2.43. The summed E-state index contributed by atoms with van der Waals surface area (Å²) in [4.78, 5) is 37.1. The van der Waals surface area contributed by atoms with Gasteiger partial charge in [0.25, 0.3) is 11.8 Å². The van der Waals surface area contributed by atoms with E-state index in [4.69, 9.17) is 23.2 Å². The molecule has 0 heterocycles. The molecule has 7 atom stereocenters. The Balaban J connectivity index is -0.000000283. The van der Waals surface area contributed by atoms with E-state index in [0.717, 1.165) is 35.8 Å². The number of nitrogens with zero attached hydrogens (tertiary/aromatic N) is 3. The molecule has 0 rings (SSSR count). The first-order valence-corrected chi connectivity index (χ1v) is 20.1. The fourth-order valence-corrected chi connectivity index (χ4v) is 5.11. The molecule has 23 heteroatoms. The van der Waals surface area contributed by atoms with E-state index in [2.05, 4.69) is 14.5 Å². The van der Waals surface area contributed by atoms with Gasteiger partial charge in [-0.05, 0) is 46.5 Å². The average molecular weight is 794 g/mol. The van der Waals surface area contributed by atoms with Crippen molar-refractivity contribution >= 4 is 62.1 Å². The summed E-state index contributed by atoms with van der Waals surface area (Å²) in [5.74, 6) is -0.0426. The Morgan fingerprint density at radius 3 is 1.16 bits per heavy atom. The van der Waals surface area contributed by atoms with Crippen LogP contribution in [0.3, 0.4) is 0 Å². The van der Waals surface area contributed by atoms with E-state index in [1.807, 2.05) is 27.7 Å². The molecule has 0 radical (unpaired) electrons. The highest BCUT2D eigenvalue weighted by Crippen LogP contribution is 2.02. The number of carbonyl (C=O) groups is 3. The molecule has 0 spiro atoms. The SMILES string of the molecule is CCCS(=O)OC.CCCS(=O)ON(C)C(C)C(=O)NO.CCCS(=O)ON(C)C(C)C(=O)NOC.CCCS(=O)ON(C)C(C)C(=O)O. The number of nitrogens with one attached hydrogen (secondary N) is 2. The summed E-state index contributed by atoms with van der Waals surface area (Å²) in [6.07, 6.45) is 3.16. The van der Waals surface area contributed by atoms with Gasteiger partial charge in [0.05, 0.1) is 31.5 Å². The predicted molar refractivity (Wildman–Crippen MR) is 188 cm³/mol. The maximum Gasteiger partial charge on any atom is 0.323 e. The van der Waals surface area contributed by atoms with Gasteiger partial charge in [-0.25, -0.2) is 27.8 Å². The lowest BCUT2D eigenvalue weighted by atomic mass is 10.3. The van der Waals surface area contributed by atoms with Crippen LogP contribution < -0.4 is 11.0 Å². The van der Waals surface area contributed by atoms with Crippen molar-refractivity contribution in [1.29, 1.82) is 0 Å². The fraction of sp³-hybridized carbons (Fsp3) is 0.885. The van der Waals surface area contributed by atoms with Crippen molar-refractivity contribution in [3.8, 4) is 0 Å². The Kier molecular flexibility index (Phi) is 39.0. The molecule has 296 valence electrons. The molecule has 2 amide bonds. The van der Waals surface area contributed by atoms with Crippen molar-refractivity contribution in [2.75, 3.05) is 58.4 Å². The number of hydroxylamine groups is 8. The summed E-state index contributed by atoms with van der Waals surface area (Å²) in [6.45, 7) is 12.2. The highest BCUT2D eigenvalue weighted by Gasteiger charge is 2.21. The molecule has 0 aliphatic rings. The third-order valence-corrected chi connectivity index (χ3v) is 9.88. The van der Waals surface area contributed by atoms with Crippen molar-refractivity contribution in [2.24, 2.45) is 0 Å². The van der Waals surface area contributed by atoms with Gasteiger partial charge in [0.1, 0.15) is 18.1 Å². The van der Waals surface area contributed by atoms with Gasteiger partial charge in [0.15, 0.2) is 44.3 Å². The number of rotatable bonds is 22. The first-order chi connectivity index (χ1) is 22.8. The molecule has 0 aromatic carbocycles. The summed E-state index contributed by atoms with van der Waals surface area (Å²) in [7, 11) is 7.28.